The van der Waals surface area contributed by atoms with Gasteiger partial charge in [0.1, 0.15) is 12.2 Å². The predicted molar refractivity (Wildman–Crippen MR) is 49.4 cm³/mol. The van der Waals surface area contributed by atoms with E-state index in [4.69, 9.17) is 9.47 Å². The summed E-state index contributed by atoms with van der Waals surface area (Å²) in [5.74, 6) is -0.330. The van der Waals surface area contributed by atoms with E-state index < -0.39 is 0 Å². The molecule has 1 atom stereocenters. The third-order valence-electron chi connectivity index (χ3n) is 2.43. The van der Waals surface area contributed by atoms with Crippen LogP contribution in [0.25, 0.3) is 0 Å². The Bertz CT molecular complexity index is 211. The minimum atomic E-state index is -0.330. The molecule has 0 aromatic carbocycles. The van der Waals surface area contributed by atoms with E-state index in [0.29, 0.717) is 12.2 Å². The molecule has 0 aromatic rings. The summed E-state index contributed by atoms with van der Waals surface area (Å²) in [6.07, 6.45) is 1.86. The molecule has 1 fully saturated rings. The summed E-state index contributed by atoms with van der Waals surface area (Å²) < 4.78 is 10.4. The molecule has 3 heteroatoms. The Morgan fingerprint density at radius 1 is 1.69 bits per heavy atom. The summed E-state index contributed by atoms with van der Waals surface area (Å²) in [5.41, 5.74) is 0.232. The van der Waals surface area contributed by atoms with Crippen molar-refractivity contribution in [1.29, 1.82) is 0 Å². The first-order valence-electron chi connectivity index (χ1n) is 4.56. The summed E-state index contributed by atoms with van der Waals surface area (Å²) >= 11 is 0. The molecule has 1 aliphatic rings. The quantitative estimate of drug-likeness (QED) is 0.492. The van der Waals surface area contributed by atoms with E-state index in [1.165, 1.54) is 0 Å². The summed E-state index contributed by atoms with van der Waals surface area (Å²) in [5, 5.41) is 0. The number of hydrogen-bond acceptors (Lipinski definition) is 3. The molecule has 0 aromatic heterocycles. The number of ether oxygens (including phenoxy) is 2. The van der Waals surface area contributed by atoms with Gasteiger partial charge in [-0.25, -0.2) is 4.79 Å². The minimum Gasteiger partial charge on any atom is -0.459 e. The molecule has 74 valence electrons. The van der Waals surface area contributed by atoms with Crippen LogP contribution in [0.2, 0.25) is 0 Å². The van der Waals surface area contributed by atoms with Crippen molar-refractivity contribution in [2.24, 2.45) is 0 Å². The normalized spacial score (nSPS) is 26.3. The lowest BCUT2D eigenvalue weighted by Crippen LogP contribution is -2.47. The van der Waals surface area contributed by atoms with E-state index in [0.717, 1.165) is 19.4 Å². The van der Waals surface area contributed by atoms with Crippen LogP contribution in [0, 0.1) is 0 Å². The van der Waals surface area contributed by atoms with Crippen LogP contribution in [0.5, 0.6) is 0 Å². The van der Waals surface area contributed by atoms with Crippen molar-refractivity contribution < 1.29 is 14.3 Å². The average molecular weight is 184 g/mol. The van der Waals surface area contributed by atoms with Crippen molar-refractivity contribution in [3.05, 3.63) is 12.2 Å². The van der Waals surface area contributed by atoms with Gasteiger partial charge in [0, 0.05) is 12.0 Å². The van der Waals surface area contributed by atoms with E-state index in [1.54, 1.807) is 6.92 Å². The second-order valence-corrected chi connectivity index (χ2v) is 3.49. The molecule has 0 amide bonds. The number of hydrogen-bond donors (Lipinski definition) is 0. The van der Waals surface area contributed by atoms with Crippen molar-refractivity contribution in [3.8, 4) is 0 Å². The first-order valence-corrected chi connectivity index (χ1v) is 4.56. The summed E-state index contributed by atoms with van der Waals surface area (Å²) in [6.45, 7) is 8.32. The molecule has 1 rings (SSSR count). The van der Waals surface area contributed by atoms with Gasteiger partial charge in [-0.2, -0.15) is 0 Å². The molecule has 0 aliphatic carbocycles. The smallest absolute Gasteiger partial charge is 0.333 e. The predicted octanol–water partition coefficient (Wildman–Crippen LogP) is 1.67. The molecule has 13 heavy (non-hydrogen) atoms. The lowest BCUT2D eigenvalue weighted by molar-refractivity contribution is -0.187. The second kappa shape index (κ2) is 3.92. The Balaban J connectivity index is 2.32. The molecule has 0 spiro atoms. The Morgan fingerprint density at radius 2 is 2.31 bits per heavy atom. The van der Waals surface area contributed by atoms with Crippen LogP contribution in [0.15, 0.2) is 12.2 Å². The van der Waals surface area contributed by atoms with Gasteiger partial charge in [-0.3, -0.25) is 0 Å². The Labute approximate surface area is 78.7 Å². The molecule has 1 saturated heterocycles. The molecule has 3 nitrogen and oxygen atoms in total. The molecule has 1 aliphatic heterocycles. The first-order chi connectivity index (χ1) is 6.09. The molecule has 0 bridgehead atoms. The van der Waals surface area contributed by atoms with E-state index in [2.05, 4.69) is 6.58 Å². The fourth-order valence-corrected chi connectivity index (χ4v) is 1.21. The number of rotatable bonds is 4. The highest BCUT2D eigenvalue weighted by Crippen LogP contribution is 2.30. The highest BCUT2D eigenvalue weighted by atomic mass is 16.6. The molecular weight excluding hydrogens is 168 g/mol. The molecular formula is C10H16O3. The Morgan fingerprint density at radius 3 is 2.62 bits per heavy atom. The summed E-state index contributed by atoms with van der Waals surface area (Å²) in [6, 6.07) is 0. The molecule has 0 N–H and O–H groups in total. The zero-order valence-electron chi connectivity index (χ0n) is 8.26. The Kier molecular flexibility index (Phi) is 3.09. The third kappa shape index (κ3) is 2.31. The summed E-state index contributed by atoms with van der Waals surface area (Å²) in [4.78, 5) is 11.1. The monoisotopic (exact) mass is 184 g/mol. The van der Waals surface area contributed by atoms with Crippen LogP contribution in [-0.2, 0) is 14.3 Å². The van der Waals surface area contributed by atoms with Crippen LogP contribution in [-0.4, -0.2) is 24.8 Å². The van der Waals surface area contributed by atoms with Crippen LogP contribution < -0.4 is 0 Å². The fourth-order valence-electron chi connectivity index (χ4n) is 1.21. The van der Waals surface area contributed by atoms with Gasteiger partial charge in [-0.05, 0) is 13.3 Å². The van der Waals surface area contributed by atoms with Crippen LogP contribution >= 0.6 is 0 Å². The lowest BCUT2D eigenvalue weighted by atomic mass is 9.93. The topological polar surface area (TPSA) is 35.5 Å². The number of carbonyl (C=O) groups excluding carboxylic acids is 1. The maximum atomic E-state index is 11.1. The van der Waals surface area contributed by atoms with Gasteiger partial charge in [0.25, 0.3) is 0 Å². The van der Waals surface area contributed by atoms with E-state index in [1.807, 2.05) is 6.92 Å². The highest BCUT2D eigenvalue weighted by molar-refractivity contribution is 5.86. The van der Waals surface area contributed by atoms with Gasteiger partial charge in [-0.1, -0.05) is 13.5 Å². The third-order valence-corrected chi connectivity index (χ3v) is 2.43. The highest BCUT2D eigenvalue weighted by Gasteiger charge is 2.37. The molecule has 1 unspecified atom stereocenters. The van der Waals surface area contributed by atoms with Crippen molar-refractivity contribution in [2.75, 3.05) is 13.2 Å². The van der Waals surface area contributed by atoms with Crippen LogP contribution in [0.3, 0.4) is 0 Å². The minimum absolute atomic E-state index is 0.203. The van der Waals surface area contributed by atoms with Crippen LogP contribution in [0.4, 0.5) is 0 Å². The van der Waals surface area contributed by atoms with Gasteiger partial charge >= 0.3 is 5.97 Å². The van der Waals surface area contributed by atoms with Gasteiger partial charge in [0.2, 0.25) is 0 Å². The van der Waals surface area contributed by atoms with E-state index >= 15 is 0 Å². The zero-order chi connectivity index (χ0) is 9.90. The number of carbonyl (C=O) groups is 1. The van der Waals surface area contributed by atoms with Crippen molar-refractivity contribution in [1.82, 2.24) is 0 Å². The van der Waals surface area contributed by atoms with Crippen molar-refractivity contribution in [3.63, 3.8) is 0 Å². The Hall–Kier alpha value is -0.830. The van der Waals surface area contributed by atoms with E-state index in [9.17, 15) is 4.79 Å². The average Bonchev–Trinajstić information content (AvgIpc) is 2.02. The van der Waals surface area contributed by atoms with Gasteiger partial charge in [0.15, 0.2) is 0 Å². The lowest BCUT2D eigenvalue weighted by Gasteiger charge is -2.40. The van der Waals surface area contributed by atoms with Gasteiger partial charge in [0.05, 0.1) is 6.61 Å². The van der Waals surface area contributed by atoms with Crippen molar-refractivity contribution in [2.45, 2.75) is 32.3 Å². The van der Waals surface area contributed by atoms with Crippen molar-refractivity contribution >= 4 is 5.97 Å². The first kappa shape index (κ1) is 10.3. The maximum absolute atomic E-state index is 11.1. The maximum Gasteiger partial charge on any atom is 0.333 e. The van der Waals surface area contributed by atoms with Gasteiger partial charge in [-0.15, -0.1) is 0 Å². The fraction of sp³-hybridized carbons (Fsp3) is 0.700. The zero-order valence-corrected chi connectivity index (χ0v) is 8.26. The molecule has 0 saturated carbocycles. The SMILES string of the molecule is C=C(C)C(=O)OCC1(CC)CCO1. The van der Waals surface area contributed by atoms with Crippen LogP contribution in [0.1, 0.15) is 26.7 Å². The second-order valence-electron chi connectivity index (χ2n) is 3.49. The molecule has 0 radical (unpaired) electrons. The standard InChI is InChI=1S/C10H16O3/c1-4-10(5-6-13-10)7-12-9(11)8(2)3/h2,4-7H2,1,3H3. The molecule has 1 heterocycles. The summed E-state index contributed by atoms with van der Waals surface area (Å²) in [7, 11) is 0. The van der Waals surface area contributed by atoms with Gasteiger partial charge < -0.3 is 9.47 Å². The van der Waals surface area contributed by atoms with E-state index in [-0.39, 0.29) is 11.6 Å². The largest absolute Gasteiger partial charge is 0.459 e. The number of esters is 1.